The van der Waals surface area contributed by atoms with Crippen molar-refractivity contribution in [2.45, 2.75) is 155 Å². The van der Waals surface area contributed by atoms with Gasteiger partial charge in [-0.15, -0.1) is 0 Å². The van der Waals surface area contributed by atoms with Crippen molar-refractivity contribution in [2.75, 3.05) is 25.0 Å². The Balaban J connectivity index is 1.01. The number of para-hydroxylation sites is 1. The zero-order chi connectivity index (χ0) is 62.1. The van der Waals surface area contributed by atoms with Crippen LogP contribution in [0.25, 0.3) is 11.0 Å². The van der Waals surface area contributed by atoms with E-state index in [2.05, 4.69) is 31.6 Å². The normalized spacial score (nSPS) is 17.4. The van der Waals surface area contributed by atoms with E-state index in [1.54, 1.807) is 93.0 Å². The smallest absolute Gasteiger partial charge is 0.410 e. The number of nitrogens with one attached hydrogen (secondary N) is 6. The van der Waals surface area contributed by atoms with E-state index in [-0.39, 0.29) is 50.0 Å². The fourth-order valence-corrected chi connectivity index (χ4v) is 10.8. The molecular formula is C65H84N10O11. The van der Waals surface area contributed by atoms with Gasteiger partial charge in [0.2, 0.25) is 23.6 Å². The number of nitrogens with two attached hydrogens (primary N) is 1. The Bertz CT molecular complexity index is 3180. The van der Waals surface area contributed by atoms with Crippen molar-refractivity contribution in [3.8, 4) is 0 Å². The monoisotopic (exact) mass is 1180 g/mol. The third-order valence-electron chi connectivity index (χ3n) is 15.2. The van der Waals surface area contributed by atoms with Gasteiger partial charge in [-0.05, 0) is 132 Å². The lowest BCUT2D eigenvalue weighted by atomic mass is 9.94. The minimum Gasteiger partial charge on any atom is -0.445 e. The SMILES string of the molecule is CC(C)C[C@@H](/C=C/[C@@H](Cc1ccccc1)C(=O)N1CCC[C@H]1C(=O)N[C@H](C(=O)N[C@@H](CCCNC(=O)OCc1ccccc1)C(=O)Nc1ccc(COC(=O)N2CCCC2(C)c2nc3c(C(N)=O)cccc3[nH]2)cc1)C(C)C)NC(=O)OC(C)(C)C. The third-order valence-corrected chi connectivity index (χ3v) is 15.2. The zero-order valence-electron chi connectivity index (χ0n) is 50.6. The Morgan fingerprint density at radius 1 is 0.767 bits per heavy atom. The van der Waals surface area contributed by atoms with Gasteiger partial charge < -0.3 is 56.4 Å². The molecule has 21 nitrogen and oxygen atoms in total. The van der Waals surface area contributed by atoms with Gasteiger partial charge >= 0.3 is 18.3 Å². The van der Waals surface area contributed by atoms with E-state index in [0.717, 1.165) is 11.1 Å². The standard InChI is InChI=1S/C65H84N10O11/c1-41(2)37-48(69-62(82)86-64(5,6)7)32-29-46(38-43-19-11-9-12-20-43)59(80)74-35-17-26-52(74)57(78)72-53(42(3)4)58(79)70-51(25-16-34-67-61(81)84-39-44-21-13-10-14-22-44)56(77)68-47-30-27-45(28-31-47)40-85-63(83)75-36-18-33-65(75,8)60-71-50-24-15-23-49(55(66)76)54(50)73-60/h9-15,19-24,27-32,41-42,46,48,51-53H,16-18,25-26,33-40H2,1-8H3,(H2,66,76)(H,67,81)(H,68,77)(H,69,82)(H,70,79)(H,71,73)(H,72,78)/b32-29+/t46-,48+,51-,52-,53-,65?/m0/s1. The molecule has 2 aliphatic rings. The van der Waals surface area contributed by atoms with Crippen LogP contribution in [0.5, 0.6) is 0 Å². The van der Waals surface area contributed by atoms with Crippen molar-refractivity contribution in [3.63, 3.8) is 0 Å². The van der Waals surface area contributed by atoms with Crippen LogP contribution < -0.4 is 32.3 Å². The van der Waals surface area contributed by atoms with Gasteiger partial charge in [-0.3, -0.25) is 28.9 Å². The van der Waals surface area contributed by atoms with Gasteiger partial charge in [0, 0.05) is 25.3 Å². The number of imidazole rings is 1. The van der Waals surface area contributed by atoms with Crippen molar-refractivity contribution in [1.82, 2.24) is 41.0 Å². The fourth-order valence-electron chi connectivity index (χ4n) is 10.8. The Kier molecular flexibility index (Phi) is 22.5. The van der Waals surface area contributed by atoms with Crippen LogP contribution in [0.4, 0.5) is 20.1 Å². The predicted molar refractivity (Wildman–Crippen MR) is 326 cm³/mol. The maximum absolute atomic E-state index is 14.7. The number of benzene rings is 4. The van der Waals surface area contributed by atoms with E-state index < -0.39 is 89.1 Å². The summed E-state index contributed by atoms with van der Waals surface area (Å²) in [7, 11) is 0. The third kappa shape index (κ3) is 18.1. The molecule has 2 aliphatic heterocycles. The summed E-state index contributed by atoms with van der Waals surface area (Å²) in [4.78, 5) is 120. The molecule has 2 saturated heterocycles. The van der Waals surface area contributed by atoms with Crippen molar-refractivity contribution in [2.24, 2.45) is 23.5 Å². The fraction of sp³-hybridized carbons (Fsp3) is 0.462. The summed E-state index contributed by atoms with van der Waals surface area (Å²) in [5.74, 6) is -3.03. The van der Waals surface area contributed by atoms with Crippen LogP contribution in [-0.2, 0) is 58.6 Å². The largest absolute Gasteiger partial charge is 0.445 e. The summed E-state index contributed by atoms with van der Waals surface area (Å²) in [5.41, 5.74) is 8.11. The van der Waals surface area contributed by atoms with Gasteiger partial charge in [-0.1, -0.05) is 119 Å². The van der Waals surface area contributed by atoms with Crippen LogP contribution in [0.15, 0.2) is 115 Å². The number of nitrogens with zero attached hydrogens (tertiary/aromatic N) is 3. The second-order valence-corrected chi connectivity index (χ2v) is 24.1. The molecule has 0 saturated carbocycles. The highest BCUT2D eigenvalue weighted by atomic mass is 16.6. The lowest BCUT2D eigenvalue weighted by Gasteiger charge is -2.32. The highest BCUT2D eigenvalue weighted by Gasteiger charge is 2.45. The highest BCUT2D eigenvalue weighted by Crippen LogP contribution is 2.39. The molecule has 6 atom stereocenters. The van der Waals surface area contributed by atoms with Crippen LogP contribution in [0.3, 0.4) is 0 Å². The average Bonchev–Trinajstić information content (AvgIpc) is 1.78. The van der Waals surface area contributed by atoms with Gasteiger partial charge in [0.25, 0.3) is 5.91 Å². The summed E-state index contributed by atoms with van der Waals surface area (Å²) < 4.78 is 16.7. The number of carbonyl (C=O) groups excluding carboxylic acids is 8. The van der Waals surface area contributed by atoms with Crippen molar-refractivity contribution in [3.05, 3.63) is 143 Å². The molecule has 0 radical (unpaired) electrons. The zero-order valence-corrected chi connectivity index (χ0v) is 50.6. The number of hydrogen-bond donors (Lipinski definition) is 7. The molecule has 0 spiro atoms. The van der Waals surface area contributed by atoms with Crippen LogP contribution in [-0.4, -0.2) is 117 Å². The van der Waals surface area contributed by atoms with Gasteiger partial charge in [-0.2, -0.15) is 0 Å². The predicted octanol–water partition coefficient (Wildman–Crippen LogP) is 8.93. The molecule has 21 heteroatoms. The summed E-state index contributed by atoms with van der Waals surface area (Å²) in [6, 6.07) is 27.0. The van der Waals surface area contributed by atoms with Gasteiger partial charge in [0.05, 0.1) is 23.0 Å². The molecular weight excluding hydrogens is 1100 g/mol. The number of amides is 8. The number of anilines is 1. The van der Waals surface area contributed by atoms with Crippen LogP contribution in [0.1, 0.15) is 133 Å². The molecule has 5 aromatic rings. The number of H-pyrrole nitrogens is 1. The molecule has 0 aliphatic carbocycles. The van der Waals surface area contributed by atoms with Crippen LogP contribution in [0.2, 0.25) is 0 Å². The number of aromatic nitrogens is 2. The number of primary amides is 1. The van der Waals surface area contributed by atoms with Gasteiger partial charge in [-0.25, -0.2) is 19.4 Å². The van der Waals surface area contributed by atoms with E-state index in [1.807, 2.05) is 87.5 Å². The molecule has 4 aromatic carbocycles. The topological polar surface area (TPSA) is 286 Å². The Morgan fingerprint density at radius 3 is 2.10 bits per heavy atom. The van der Waals surface area contributed by atoms with Crippen molar-refractivity contribution >= 4 is 64.5 Å². The van der Waals surface area contributed by atoms with Crippen molar-refractivity contribution in [1.29, 1.82) is 0 Å². The molecule has 0 bridgehead atoms. The number of fused-ring (bicyclic) bond motifs is 1. The molecule has 8 N–H and O–H groups in total. The first-order valence-corrected chi connectivity index (χ1v) is 29.7. The molecule has 8 amide bonds. The number of carbonyl (C=O) groups is 8. The summed E-state index contributed by atoms with van der Waals surface area (Å²) in [6.07, 6.45) is 5.30. The Morgan fingerprint density at radius 2 is 1.44 bits per heavy atom. The van der Waals surface area contributed by atoms with Gasteiger partial charge in [0.15, 0.2) is 0 Å². The maximum atomic E-state index is 14.7. The molecule has 3 heterocycles. The van der Waals surface area contributed by atoms with E-state index in [9.17, 15) is 38.4 Å². The highest BCUT2D eigenvalue weighted by molar-refractivity contribution is 6.04. The maximum Gasteiger partial charge on any atom is 0.410 e. The molecule has 1 unspecified atom stereocenters. The summed E-state index contributed by atoms with van der Waals surface area (Å²) >= 11 is 0. The molecule has 7 rings (SSSR count). The van der Waals surface area contributed by atoms with Crippen LogP contribution in [0, 0.1) is 17.8 Å². The average molecular weight is 1180 g/mol. The quantitative estimate of drug-likeness (QED) is 0.0164. The van der Waals surface area contributed by atoms with E-state index in [4.69, 9.17) is 24.9 Å². The molecule has 1 aromatic heterocycles. The minimum absolute atomic E-state index is 0.0617. The first-order valence-electron chi connectivity index (χ1n) is 29.7. The number of likely N-dealkylation sites (tertiary alicyclic amines) is 2. The number of ether oxygens (including phenoxy) is 3. The summed E-state index contributed by atoms with van der Waals surface area (Å²) in [5, 5.41) is 14.3. The number of rotatable bonds is 25. The van der Waals surface area contributed by atoms with E-state index in [0.29, 0.717) is 79.7 Å². The van der Waals surface area contributed by atoms with Crippen molar-refractivity contribution < 1.29 is 52.6 Å². The summed E-state index contributed by atoms with van der Waals surface area (Å²) in [6.45, 7) is 15.7. The number of hydrogen-bond acceptors (Lipinski definition) is 12. The van der Waals surface area contributed by atoms with Gasteiger partial charge in [0.1, 0.15) is 53.8 Å². The number of aromatic amines is 1. The second-order valence-electron chi connectivity index (χ2n) is 24.1. The molecule has 460 valence electrons. The lowest BCUT2D eigenvalue weighted by molar-refractivity contribution is -0.141. The molecule has 86 heavy (non-hydrogen) atoms. The first kappa shape index (κ1) is 64.8. The van der Waals surface area contributed by atoms with Crippen LogP contribution >= 0.6 is 0 Å². The number of alkyl carbamates (subject to hydrolysis) is 2. The Labute approximate surface area is 503 Å². The first-order chi connectivity index (χ1) is 41.0. The Hall–Kier alpha value is -8.75. The molecule has 2 fully saturated rings. The lowest BCUT2D eigenvalue weighted by Crippen LogP contribution is -2.57. The van der Waals surface area contributed by atoms with E-state index >= 15 is 0 Å². The van der Waals surface area contributed by atoms with E-state index in [1.165, 1.54) is 0 Å². The second kappa shape index (κ2) is 29.9. The minimum atomic E-state index is -1.15.